The Morgan fingerprint density at radius 1 is 1.15 bits per heavy atom. The molecule has 3 aromatic rings. The molecule has 0 spiro atoms. The van der Waals surface area contributed by atoms with E-state index in [1.54, 1.807) is 12.1 Å². The van der Waals surface area contributed by atoms with Crippen LogP contribution in [0.2, 0.25) is 0 Å². The van der Waals surface area contributed by atoms with Gasteiger partial charge in [-0.3, -0.25) is 14.9 Å². The second kappa shape index (κ2) is 8.39. The summed E-state index contributed by atoms with van der Waals surface area (Å²) >= 11 is 1.46. The molecule has 0 bridgehead atoms. The van der Waals surface area contributed by atoms with Crippen molar-refractivity contribution in [2.45, 2.75) is 50.6 Å². The number of thioether (sulfide) groups is 1. The molecule has 34 heavy (non-hydrogen) atoms. The Bertz CT molecular complexity index is 1310. The SMILES string of the molecule is Cc1ccc([C@H]2C3=C(CC(C)(C)CC3=O)Nc3nc(SCc4ccc([N+](=O)[O-])cc4)nn32)cc1. The molecule has 0 saturated heterocycles. The lowest BCUT2D eigenvalue weighted by Gasteiger charge is -2.38. The van der Waals surface area contributed by atoms with Gasteiger partial charge in [-0.05, 0) is 29.9 Å². The molecule has 0 radical (unpaired) electrons. The van der Waals surface area contributed by atoms with E-state index in [1.165, 1.54) is 23.9 Å². The number of allylic oxidation sites excluding steroid dienone is 2. The minimum atomic E-state index is -0.407. The lowest BCUT2D eigenvalue weighted by molar-refractivity contribution is -0.384. The largest absolute Gasteiger partial charge is 0.328 e. The summed E-state index contributed by atoms with van der Waals surface area (Å²) in [6.07, 6.45) is 1.27. The summed E-state index contributed by atoms with van der Waals surface area (Å²) in [6, 6.07) is 14.4. The summed E-state index contributed by atoms with van der Waals surface area (Å²) in [5, 5.41) is 19.6. The maximum atomic E-state index is 13.3. The van der Waals surface area contributed by atoms with Gasteiger partial charge in [0.15, 0.2) is 5.78 Å². The first-order chi connectivity index (χ1) is 16.2. The standard InChI is InChI=1S/C25H25N5O3S/c1-15-4-8-17(9-5-15)22-21-19(12-25(2,3)13-20(21)31)26-23-27-24(28-29(22)23)34-14-16-6-10-18(11-7-16)30(32)33/h4-11,22H,12-14H2,1-3H3,(H,26,27,28)/t22-/m0/s1. The second-order valence-corrected chi connectivity index (χ2v) is 10.6. The first-order valence-corrected chi connectivity index (χ1v) is 12.1. The topological polar surface area (TPSA) is 103 Å². The minimum absolute atomic E-state index is 0.0683. The maximum Gasteiger partial charge on any atom is 0.269 e. The van der Waals surface area contributed by atoms with Crippen molar-refractivity contribution in [3.63, 3.8) is 0 Å². The lowest BCUT2D eigenvalue weighted by Crippen LogP contribution is -2.36. The van der Waals surface area contributed by atoms with E-state index in [2.05, 4.69) is 43.4 Å². The number of nitro groups is 1. The fourth-order valence-corrected chi connectivity index (χ4v) is 5.35. The van der Waals surface area contributed by atoms with Crippen molar-refractivity contribution in [3.05, 3.63) is 86.6 Å². The van der Waals surface area contributed by atoms with Gasteiger partial charge < -0.3 is 5.32 Å². The van der Waals surface area contributed by atoms with E-state index in [1.807, 2.05) is 11.6 Å². The number of non-ortho nitro benzene ring substituents is 1. The van der Waals surface area contributed by atoms with Crippen LogP contribution >= 0.6 is 11.8 Å². The van der Waals surface area contributed by atoms with Crippen LogP contribution in [0.15, 0.2) is 65.0 Å². The van der Waals surface area contributed by atoms with E-state index >= 15 is 0 Å². The van der Waals surface area contributed by atoms with Crippen LogP contribution in [-0.4, -0.2) is 25.5 Å². The molecule has 0 unspecified atom stereocenters. The molecule has 1 N–H and O–H groups in total. The van der Waals surface area contributed by atoms with Crippen LogP contribution in [0.25, 0.3) is 0 Å². The Morgan fingerprint density at radius 3 is 2.53 bits per heavy atom. The van der Waals surface area contributed by atoms with Crippen molar-refractivity contribution in [2.24, 2.45) is 5.41 Å². The first-order valence-electron chi connectivity index (χ1n) is 11.1. The zero-order valence-electron chi connectivity index (χ0n) is 19.2. The molecule has 1 atom stereocenters. The number of carbonyl (C=O) groups is 1. The molecule has 2 heterocycles. The minimum Gasteiger partial charge on any atom is -0.328 e. The van der Waals surface area contributed by atoms with Crippen molar-refractivity contribution in [1.29, 1.82) is 0 Å². The van der Waals surface area contributed by atoms with Crippen LogP contribution in [0.4, 0.5) is 11.6 Å². The first kappa shape index (κ1) is 22.3. The van der Waals surface area contributed by atoms with E-state index in [0.29, 0.717) is 23.3 Å². The molecule has 174 valence electrons. The Balaban J connectivity index is 1.47. The molecule has 8 nitrogen and oxygen atoms in total. The molecule has 2 aromatic carbocycles. The van der Waals surface area contributed by atoms with Crippen molar-refractivity contribution in [3.8, 4) is 0 Å². The molecule has 5 rings (SSSR count). The van der Waals surface area contributed by atoms with Gasteiger partial charge in [0.25, 0.3) is 5.69 Å². The predicted molar refractivity (Wildman–Crippen MR) is 131 cm³/mol. The summed E-state index contributed by atoms with van der Waals surface area (Å²) < 4.78 is 1.82. The number of fused-ring (bicyclic) bond motifs is 1. The van der Waals surface area contributed by atoms with Crippen molar-refractivity contribution < 1.29 is 9.72 Å². The molecule has 1 aliphatic carbocycles. The predicted octanol–water partition coefficient (Wildman–Crippen LogP) is 5.45. The Labute approximate surface area is 201 Å². The highest BCUT2D eigenvalue weighted by molar-refractivity contribution is 7.98. The third-order valence-corrected chi connectivity index (χ3v) is 7.13. The van der Waals surface area contributed by atoms with Gasteiger partial charge in [-0.15, -0.1) is 5.10 Å². The smallest absolute Gasteiger partial charge is 0.269 e. The molecule has 0 saturated carbocycles. The molecule has 2 aliphatic rings. The van der Waals surface area contributed by atoms with Gasteiger partial charge in [0.1, 0.15) is 6.04 Å². The fourth-order valence-electron chi connectivity index (χ4n) is 4.57. The summed E-state index contributed by atoms with van der Waals surface area (Å²) in [7, 11) is 0. The number of nitro benzene ring substituents is 1. The van der Waals surface area contributed by atoms with Crippen LogP contribution in [0.5, 0.6) is 0 Å². The number of anilines is 1. The molecule has 1 aromatic heterocycles. The van der Waals surface area contributed by atoms with Crippen LogP contribution in [0, 0.1) is 22.5 Å². The highest BCUT2D eigenvalue weighted by Crippen LogP contribution is 2.45. The quantitative estimate of drug-likeness (QED) is 0.297. The van der Waals surface area contributed by atoms with Gasteiger partial charge in [0.2, 0.25) is 11.1 Å². The van der Waals surface area contributed by atoms with E-state index in [9.17, 15) is 14.9 Å². The number of nitrogens with zero attached hydrogens (tertiary/aromatic N) is 4. The Kier molecular flexibility index (Phi) is 5.51. The summed E-state index contributed by atoms with van der Waals surface area (Å²) in [4.78, 5) is 28.5. The number of aromatic nitrogens is 3. The van der Waals surface area contributed by atoms with Crippen molar-refractivity contribution in [2.75, 3.05) is 5.32 Å². The number of aryl methyl sites for hydroxylation is 1. The number of hydrogen-bond donors (Lipinski definition) is 1. The van der Waals surface area contributed by atoms with Crippen LogP contribution in [-0.2, 0) is 10.5 Å². The number of hydrogen-bond acceptors (Lipinski definition) is 7. The van der Waals surface area contributed by atoms with Crippen LogP contribution < -0.4 is 5.32 Å². The maximum absolute atomic E-state index is 13.3. The number of benzene rings is 2. The van der Waals surface area contributed by atoms with E-state index in [0.717, 1.165) is 34.4 Å². The van der Waals surface area contributed by atoms with Gasteiger partial charge in [-0.1, -0.05) is 67.6 Å². The normalized spacial score (nSPS) is 18.8. The van der Waals surface area contributed by atoms with E-state index < -0.39 is 4.92 Å². The molecular formula is C25H25N5O3S. The van der Waals surface area contributed by atoms with E-state index in [-0.39, 0.29) is 22.9 Å². The van der Waals surface area contributed by atoms with Crippen LogP contribution in [0.1, 0.15) is 49.4 Å². The fraction of sp³-hybridized carbons (Fsp3) is 0.320. The molecule has 9 heteroatoms. The number of rotatable bonds is 5. The average Bonchev–Trinajstić information content (AvgIpc) is 3.19. The lowest BCUT2D eigenvalue weighted by atomic mass is 9.73. The summed E-state index contributed by atoms with van der Waals surface area (Å²) in [6.45, 7) is 6.27. The second-order valence-electron chi connectivity index (χ2n) is 9.65. The zero-order chi connectivity index (χ0) is 24.0. The average molecular weight is 476 g/mol. The molecule has 0 fully saturated rings. The highest BCUT2D eigenvalue weighted by atomic mass is 32.2. The van der Waals surface area contributed by atoms with Gasteiger partial charge in [0, 0.05) is 35.6 Å². The molecule has 0 amide bonds. The zero-order valence-corrected chi connectivity index (χ0v) is 20.1. The third-order valence-electron chi connectivity index (χ3n) is 6.22. The van der Waals surface area contributed by atoms with E-state index in [4.69, 9.17) is 10.1 Å². The summed E-state index contributed by atoms with van der Waals surface area (Å²) in [5.41, 5.74) is 4.76. The van der Waals surface area contributed by atoms with Crippen molar-refractivity contribution in [1.82, 2.24) is 14.8 Å². The van der Waals surface area contributed by atoms with Gasteiger partial charge in [-0.25, -0.2) is 4.68 Å². The van der Waals surface area contributed by atoms with Crippen LogP contribution in [0.3, 0.4) is 0 Å². The molecular weight excluding hydrogens is 450 g/mol. The third kappa shape index (κ3) is 4.23. The Morgan fingerprint density at radius 2 is 1.85 bits per heavy atom. The number of carbonyl (C=O) groups excluding carboxylic acids is 1. The monoisotopic (exact) mass is 475 g/mol. The van der Waals surface area contributed by atoms with Gasteiger partial charge in [-0.2, -0.15) is 4.98 Å². The number of Topliss-reactive ketones (excluding diaryl/α,β-unsaturated/α-hetero) is 1. The Hall–Kier alpha value is -3.46. The van der Waals surface area contributed by atoms with Crippen molar-refractivity contribution >= 4 is 29.2 Å². The number of ketones is 1. The van der Waals surface area contributed by atoms with Gasteiger partial charge >= 0.3 is 0 Å². The summed E-state index contributed by atoms with van der Waals surface area (Å²) in [5.74, 6) is 1.35. The van der Waals surface area contributed by atoms with Gasteiger partial charge in [0.05, 0.1) is 4.92 Å². The molecule has 1 aliphatic heterocycles. The highest BCUT2D eigenvalue weighted by Gasteiger charge is 2.41. The number of nitrogens with one attached hydrogen (secondary N) is 1.